The predicted molar refractivity (Wildman–Crippen MR) is 71.2 cm³/mol. The van der Waals surface area contributed by atoms with E-state index in [4.69, 9.17) is 10.3 Å². The second kappa shape index (κ2) is 5.83. The van der Waals surface area contributed by atoms with E-state index in [0.29, 0.717) is 5.92 Å². The smallest absolute Gasteiger partial charge is 0.229 e. The fraction of sp³-hybridized carbons (Fsp3) is 0.857. The maximum Gasteiger partial charge on any atom is 0.229 e. The summed E-state index contributed by atoms with van der Waals surface area (Å²) in [6, 6.07) is 0. The van der Waals surface area contributed by atoms with Gasteiger partial charge in [-0.25, -0.2) is 0 Å². The molecule has 0 radical (unpaired) electrons. The van der Waals surface area contributed by atoms with Gasteiger partial charge in [-0.15, -0.1) is 0 Å². The van der Waals surface area contributed by atoms with Crippen LogP contribution in [0.4, 0.5) is 0 Å². The molecule has 102 valence electrons. The molecular formula is C14H25N3O. The van der Waals surface area contributed by atoms with Crippen LogP contribution in [0.3, 0.4) is 0 Å². The van der Waals surface area contributed by atoms with Gasteiger partial charge in [-0.3, -0.25) is 0 Å². The van der Waals surface area contributed by atoms with Crippen molar-refractivity contribution in [1.82, 2.24) is 10.1 Å². The molecule has 2 rings (SSSR count). The maximum absolute atomic E-state index is 6.36. The Labute approximate surface area is 109 Å². The summed E-state index contributed by atoms with van der Waals surface area (Å²) >= 11 is 0. The second-order valence-corrected chi connectivity index (χ2v) is 5.59. The Hall–Kier alpha value is -0.900. The summed E-state index contributed by atoms with van der Waals surface area (Å²) in [5.74, 6) is 1.93. The molecule has 1 fully saturated rings. The van der Waals surface area contributed by atoms with E-state index in [2.05, 4.69) is 24.0 Å². The van der Waals surface area contributed by atoms with Crippen LogP contribution in [0, 0.1) is 0 Å². The monoisotopic (exact) mass is 251 g/mol. The Bertz CT molecular complexity index is 363. The Morgan fingerprint density at radius 3 is 2.39 bits per heavy atom. The fourth-order valence-corrected chi connectivity index (χ4v) is 2.92. The average molecular weight is 251 g/mol. The van der Waals surface area contributed by atoms with Crippen molar-refractivity contribution in [1.29, 1.82) is 0 Å². The van der Waals surface area contributed by atoms with E-state index in [1.165, 1.54) is 12.8 Å². The van der Waals surface area contributed by atoms with Crippen molar-refractivity contribution < 1.29 is 4.52 Å². The second-order valence-electron chi connectivity index (χ2n) is 5.59. The normalized spacial score (nSPS) is 18.7. The quantitative estimate of drug-likeness (QED) is 0.840. The lowest BCUT2D eigenvalue weighted by Gasteiger charge is -2.18. The molecule has 0 atom stereocenters. The van der Waals surface area contributed by atoms with Gasteiger partial charge < -0.3 is 10.3 Å². The van der Waals surface area contributed by atoms with E-state index in [1.54, 1.807) is 0 Å². The third kappa shape index (κ3) is 2.74. The SMILES string of the molecule is CCCC(CCC)c1nc(C2(N)CCCC2)no1. The van der Waals surface area contributed by atoms with Gasteiger partial charge in [0, 0.05) is 5.92 Å². The summed E-state index contributed by atoms with van der Waals surface area (Å²) in [5.41, 5.74) is 6.03. The first kappa shape index (κ1) is 13.5. The molecule has 0 spiro atoms. The van der Waals surface area contributed by atoms with Gasteiger partial charge in [0.2, 0.25) is 5.89 Å². The van der Waals surface area contributed by atoms with Gasteiger partial charge in [0.1, 0.15) is 0 Å². The highest BCUT2D eigenvalue weighted by Crippen LogP contribution is 2.35. The van der Waals surface area contributed by atoms with Crippen molar-refractivity contribution >= 4 is 0 Å². The number of rotatable bonds is 6. The van der Waals surface area contributed by atoms with Crippen LogP contribution >= 0.6 is 0 Å². The molecule has 0 saturated heterocycles. The van der Waals surface area contributed by atoms with E-state index in [9.17, 15) is 0 Å². The van der Waals surface area contributed by atoms with Gasteiger partial charge in [0.15, 0.2) is 5.82 Å². The first-order chi connectivity index (χ1) is 8.69. The molecule has 4 heteroatoms. The molecule has 1 aliphatic rings. The Morgan fingerprint density at radius 1 is 1.22 bits per heavy atom. The van der Waals surface area contributed by atoms with Gasteiger partial charge in [0.05, 0.1) is 5.54 Å². The van der Waals surface area contributed by atoms with Gasteiger partial charge in [-0.2, -0.15) is 4.98 Å². The van der Waals surface area contributed by atoms with Crippen molar-refractivity contribution in [3.05, 3.63) is 11.7 Å². The summed E-state index contributed by atoms with van der Waals surface area (Å²) in [5, 5.41) is 4.14. The van der Waals surface area contributed by atoms with E-state index in [1.807, 2.05) is 0 Å². The molecule has 2 N–H and O–H groups in total. The molecule has 1 saturated carbocycles. The molecule has 0 aromatic carbocycles. The molecule has 1 aliphatic carbocycles. The fourth-order valence-electron chi connectivity index (χ4n) is 2.92. The van der Waals surface area contributed by atoms with Crippen LogP contribution in [0.25, 0.3) is 0 Å². The standard InChI is InChI=1S/C14H25N3O/c1-3-7-11(8-4-2)12-16-13(17-18-12)14(15)9-5-6-10-14/h11H,3-10,15H2,1-2H3. The van der Waals surface area contributed by atoms with E-state index in [0.717, 1.165) is 50.2 Å². The topological polar surface area (TPSA) is 64.9 Å². The number of nitrogens with two attached hydrogens (primary N) is 1. The molecule has 1 aromatic rings. The molecule has 1 heterocycles. The van der Waals surface area contributed by atoms with Crippen LogP contribution in [-0.4, -0.2) is 10.1 Å². The molecule has 4 nitrogen and oxygen atoms in total. The van der Waals surface area contributed by atoms with Crippen molar-refractivity contribution in [3.63, 3.8) is 0 Å². The Balaban J connectivity index is 2.12. The van der Waals surface area contributed by atoms with Crippen molar-refractivity contribution in [2.24, 2.45) is 5.73 Å². The van der Waals surface area contributed by atoms with Crippen molar-refractivity contribution in [3.8, 4) is 0 Å². The van der Waals surface area contributed by atoms with Crippen LogP contribution in [0.5, 0.6) is 0 Å². The summed E-state index contributed by atoms with van der Waals surface area (Å²) in [6.45, 7) is 4.39. The zero-order chi connectivity index (χ0) is 13.0. The third-order valence-corrected chi connectivity index (χ3v) is 4.01. The minimum atomic E-state index is -0.329. The Morgan fingerprint density at radius 2 is 1.83 bits per heavy atom. The molecule has 0 amide bonds. The molecule has 0 bridgehead atoms. The number of hydrogen-bond donors (Lipinski definition) is 1. The number of aromatic nitrogens is 2. The van der Waals surface area contributed by atoms with Crippen molar-refractivity contribution in [2.45, 2.75) is 76.7 Å². The number of hydrogen-bond acceptors (Lipinski definition) is 4. The van der Waals surface area contributed by atoms with Crippen LogP contribution in [0.2, 0.25) is 0 Å². The first-order valence-electron chi connectivity index (χ1n) is 7.32. The maximum atomic E-state index is 6.36. The molecule has 0 aliphatic heterocycles. The summed E-state index contributed by atoms with van der Waals surface area (Å²) in [6.07, 6.45) is 8.85. The molecule has 0 unspecified atom stereocenters. The molecular weight excluding hydrogens is 226 g/mol. The van der Waals surface area contributed by atoms with Gasteiger partial charge in [-0.1, -0.05) is 44.7 Å². The van der Waals surface area contributed by atoms with Crippen LogP contribution in [-0.2, 0) is 5.54 Å². The van der Waals surface area contributed by atoms with Crippen molar-refractivity contribution in [2.75, 3.05) is 0 Å². The predicted octanol–water partition coefficient (Wildman–Crippen LogP) is 3.48. The lowest BCUT2D eigenvalue weighted by molar-refractivity contribution is 0.322. The zero-order valence-corrected chi connectivity index (χ0v) is 11.6. The third-order valence-electron chi connectivity index (χ3n) is 4.01. The minimum absolute atomic E-state index is 0.329. The largest absolute Gasteiger partial charge is 0.339 e. The van der Waals surface area contributed by atoms with Crippen LogP contribution < -0.4 is 5.73 Å². The highest BCUT2D eigenvalue weighted by atomic mass is 16.5. The van der Waals surface area contributed by atoms with Crippen LogP contribution in [0.15, 0.2) is 4.52 Å². The molecule has 1 aromatic heterocycles. The lowest BCUT2D eigenvalue weighted by Crippen LogP contribution is -2.34. The summed E-state index contributed by atoms with van der Waals surface area (Å²) in [7, 11) is 0. The van der Waals surface area contributed by atoms with Gasteiger partial charge in [-0.05, 0) is 25.7 Å². The zero-order valence-electron chi connectivity index (χ0n) is 11.6. The summed E-state index contributed by atoms with van der Waals surface area (Å²) in [4.78, 5) is 4.60. The highest BCUT2D eigenvalue weighted by molar-refractivity contribution is 5.07. The Kier molecular flexibility index (Phi) is 4.38. The van der Waals surface area contributed by atoms with Crippen LogP contribution in [0.1, 0.15) is 82.8 Å². The minimum Gasteiger partial charge on any atom is -0.339 e. The molecule has 18 heavy (non-hydrogen) atoms. The first-order valence-corrected chi connectivity index (χ1v) is 7.32. The van der Waals surface area contributed by atoms with E-state index in [-0.39, 0.29) is 5.54 Å². The van der Waals surface area contributed by atoms with Gasteiger partial charge in [0.25, 0.3) is 0 Å². The van der Waals surface area contributed by atoms with E-state index < -0.39 is 0 Å². The van der Waals surface area contributed by atoms with Gasteiger partial charge >= 0.3 is 0 Å². The van der Waals surface area contributed by atoms with E-state index >= 15 is 0 Å². The highest BCUT2D eigenvalue weighted by Gasteiger charge is 2.36. The summed E-state index contributed by atoms with van der Waals surface area (Å²) < 4.78 is 5.47. The lowest BCUT2D eigenvalue weighted by atomic mass is 9.97. The number of nitrogens with zero attached hydrogens (tertiary/aromatic N) is 2. The average Bonchev–Trinajstić information content (AvgIpc) is 2.98.